The van der Waals surface area contributed by atoms with Crippen LogP contribution in [0.5, 0.6) is 0 Å². The molecule has 0 bridgehead atoms. The zero-order chi connectivity index (χ0) is 20.1. The Labute approximate surface area is 162 Å². The van der Waals surface area contributed by atoms with Gasteiger partial charge in [-0.25, -0.2) is 4.68 Å². The van der Waals surface area contributed by atoms with Crippen LogP contribution >= 0.6 is 0 Å². The lowest BCUT2D eigenvalue weighted by Gasteiger charge is -2.19. The molecule has 0 aliphatic carbocycles. The van der Waals surface area contributed by atoms with E-state index in [1.807, 2.05) is 31.2 Å². The smallest absolute Gasteiger partial charge is 0.275 e. The second-order valence-electron chi connectivity index (χ2n) is 6.27. The summed E-state index contributed by atoms with van der Waals surface area (Å²) in [7, 11) is 0. The largest absolute Gasteiger partial charge is 0.322 e. The molecule has 0 atom stereocenters. The number of nitro benzene ring substituents is 1. The van der Waals surface area contributed by atoms with Crippen LogP contribution in [0.15, 0.2) is 60.8 Å². The summed E-state index contributed by atoms with van der Waals surface area (Å²) in [5.41, 5.74) is 2.97. The fourth-order valence-electron chi connectivity index (χ4n) is 2.69. The number of rotatable bonds is 6. The van der Waals surface area contributed by atoms with Crippen molar-refractivity contribution in [3.05, 3.63) is 87.7 Å². The number of hydrogen-bond acceptors (Lipinski definition) is 4. The zero-order valence-electron chi connectivity index (χ0n) is 15.3. The number of hydrogen-bond donors (Lipinski definition) is 0. The normalized spacial score (nSPS) is 10.3. The van der Waals surface area contributed by atoms with Crippen molar-refractivity contribution in [1.82, 2.24) is 14.7 Å². The van der Waals surface area contributed by atoms with E-state index in [9.17, 15) is 14.9 Å². The summed E-state index contributed by atoms with van der Waals surface area (Å²) >= 11 is 0. The molecule has 7 nitrogen and oxygen atoms in total. The van der Waals surface area contributed by atoms with E-state index in [1.54, 1.807) is 29.3 Å². The first kappa shape index (κ1) is 18.9. The number of benzene rings is 2. The number of amides is 1. The molecule has 0 saturated carbocycles. The van der Waals surface area contributed by atoms with Gasteiger partial charge in [0.05, 0.1) is 17.2 Å². The molecule has 140 valence electrons. The second-order valence-corrected chi connectivity index (χ2v) is 6.27. The molecule has 0 N–H and O–H groups in total. The van der Waals surface area contributed by atoms with Gasteiger partial charge in [0.2, 0.25) is 0 Å². The first-order chi connectivity index (χ1) is 13.5. The van der Waals surface area contributed by atoms with Crippen molar-refractivity contribution in [2.45, 2.75) is 13.5 Å². The summed E-state index contributed by atoms with van der Waals surface area (Å²) in [6.07, 6.45) is 7.07. The average Bonchev–Trinajstić information content (AvgIpc) is 3.19. The number of carbonyl (C=O) groups is 1. The number of carbonyl (C=O) groups excluding carboxylic acids is 1. The van der Waals surface area contributed by atoms with Gasteiger partial charge in [-0.15, -0.1) is 6.42 Å². The van der Waals surface area contributed by atoms with Gasteiger partial charge in [-0.1, -0.05) is 35.7 Å². The van der Waals surface area contributed by atoms with E-state index in [0.29, 0.717) is 12.2 Å². The van der Waals surface area contributed by atoms with E-state index < -0.39 is 4.92 Å². The molecular weight excluding hydrogens is 356 g/mol. The van der Waals surface area contributed by atoms with Crippen LogP contribution < -0.4 is 0 Å². The fraction of sp³-hybridized carbons (Fsp3) is 0.143. The van der Waals surface area contributed by atoms with E-state index >= 15 is 0 Å². The molecule has 0 fully saturated rings. The molecule has 1 heterocycles. The Kier molecular flexibility index (Phi) is 5.51. The molecule has 0 spiro atoms. The maximum absolute atomic E-state index is 12.9. The maximum atomic E-state index is 12.9. The first-order valence-corrected chi connectivity index (χ1v) is 8.56. The summed E-state index contributed by atoms with van der Waals surface area (Å²) in [5, 5.41) is 15.1. The van der Waals surface area contributed by atoms with E-state index in [2.05, 4.69) is 11.0 Å². The highest BCUT2D eigenvalue weighted by Gasteiger charge is 2.18. The molecule has 28 heavy (non-hydrogen) atoms. The van der Waals surface area contributed by atoms with E-state index in [0.717, 1.165) is 11.1 Å². The highest BCUT2D eigenvalue weighted by atomic mass is 16.6. The molecule has 0 radical (unpaired) electrons. The van der Waals surface area contributed by atoms with Gasteiger partial charge >= 0.3 is 0 Å². The monoisotopic (exact) mass is 374 g/mol. The topological polar surface area (TPSA) is 81.3 Å². The summed E-state index contributed by atoms with van der Waals surface area (Å²) in [4.78, 5) is 24.7. The second kappa shape index (κ2) is 8.18. The van der Waals surface area contributed by atoms with Gasteiger partial charge in [-0.05, 0) is 30.7 Å². The molecule has 2 aromatic carbocycles. The first-order valence-electron chi connectivity index (χ1n) is 8.56. The van der Waals surface area contributed by atoms with Gasteiger partial charge < -0.3 is 4.90 Å². The van der Waals surface area contributed by atoms with Crippen LogP contribution in [0.25, 0.3) is 5.69 Å². The van der Waals surface area contributed by atoms with Crippen LogP contribution in [0, 0.1) is 29.4 Å². The van der Waals surface area contributed by atoms with Crippen molar-refractivity contribution in [2.24, 2.45) is 0 Å². The quantitative estimate of drug-likeness (QED) is 0.376. The van der Waals surface area contributed by atoms with Gasteiger partial charge in [0, 0.05) is 24.9 Å². The van der Waals surface area contributed by atoms with Crippen LogP contribution in [-0.4, -0.2) is 32.1 Å². The Morgan fingerprint density at radius 2 is 1.86 bits per heavy atom. The summed E-state index contributed by atoms with van der Waals surface area (Å²) in [6.45, 7) is 2.55. The lowest BCUT2D eigenvalue weighted by molar-refractivity contribution is -0.384. The summed E-state index contributed by atoms with van der Waals surface area (Å²) in [5.74, 6) is 2.23. The number of aromatic nitrogens is 2. The predicted molar refractivity (Wildman–Crippen MR) is 105 cm³/mol. The van der Waals surface area contributed by atoms with E-state index in [4.69, 9.17) is 6.42 Å². The van der Waals surface area contributed by atoms with Crippen LogP contribution in [0.4, 0.5) is 5.69 Å². The molecule has 3 rings (SSSR count). The van der Waals surface area contributed by atoms with Crippen molar-refractivity contribution >= 4 is 11.6 Å². The fourth-order valence-corrected chi connectivity index (χ4v) is 2.69. The lowest BCUT2D eigenvalue weighted by atomic mass is 10.1. The van der Waals surface area contributed by atoms with Crippen molar-refractivity contribution < 1.29 is 9.72 Å². The third-order valence-electron chi connectivity index (χ3n) is 4.20. The lowest BCUT2D eigenvalue weighted by Crippen LogP contribution is -2.31. The molecule has 3 aromatic rings. The van der Waals surface area contributed by atoms with E-state index in [-0.39, 0.29) is 23.8 Å². The Bertz CT molecular complexity index is 1030. The molecule has 0 aliphatic rings. The molecule has 0 aliphatic heterocycles. The summed E-state index contributed by atoms with van der Waals surface area (Å²) < 4.78 is 1.50. The molecule has 1 aromatic heterocycles. The third kappa shape index (κ3) is 4.24. The Balaban J connectivity index is 1.79. The highest BCUT2D eigenvalue weighted by Crippen LogP contribution is 2.16. The Morgan fingerprint density at radius 1 is 1.18 bits per heavy atom. The van der Waals surface area contributed by atoms with Gasteiger partial charge in [-0.3, -0.25) is 14.9 Å². The SMILES string of the molecule is C#CCN(Cc1ccc(C)cc1)C(=O)c1ccn(-c2ccc([N+](=O)[O-])cc2)n1. The van der Waals surface area contributed by atoms with Gasteiger partial charge in [0.1, 0.15) is 0 Å². The highest BCUT2D eigenvalue weighted by molar-refractivity contribution is 5.92. The van der Waals surface area contributed by atoms with Gasteiger partial charge in [-0.2, -0.15) is 5.10 Å². The van der Waals surface area contributed by atoms with Crippen LogP contribution in [0.1, 0.15) is 21.6 Å². The molecule has 0 unspecified atom stereocenters. The predicted octanol–water partition coefficient (Wildman–Crippen LogP) is 3.36. The third-order valence-corrected chi connectivity index (χ3v) is 4.20. The Hall–Kier alpha value is -3.92. The zero-order valence-corrected chi connectivity index (χ0v) is 15.3. The summed E-state index contributed by atoms with van der Waals surface area (Å²) in [6, 6.07) is 15.4. The number of non-ortho nitro benzene ring substituents is 1. The number of aryl methyl sites for hydroxylation is 1. The van der Waals surface area contributed by atoms with Crippen molar-refractivity contribution in [3.63, 3.8) is 0 Å². The van der Waals surface area contributed by atoms with Crippen LogP contribution in [-0.2, 0) is 6.54 Å². The molecule has 1 amide bonds. The van der Waals surface area contributed by atoms with Gasteiger partial charge in [0.25, 0.3) is 11.6 Å². The van der Waals surface area contributed by atoms with Gasteiger partial charge in [0.15, 0.2) is 5.69 Å². The maximum Gasteiger partial charge on any atom is 0.275 e. The minimum absolute atomic E-state index is 0.00880. The average molecular weight is 374 g/mol. The minimum Gasteiger partial charge on any atom is -0.322 e. The van der Waals surface area contributed by atoms with Crippen molar-refractivity contribution in [2.75, 3.05) is 6.54 Å². The molecular formula is C21H18N4O3. The van der Waals surface area contributed by atoms with Crippen LogP contribution in [0.2, 0.25) is 0 Å². The Morgan fingerprint density at radius 3 is 2.46 bits per heavy atom. The van der Waals surface area contributed by atoms with Crippen LogP contribution in [0.3, 0.4) is 0 Å². The standard InChI is InChI=1S/C21H18N4O3/c1-3-13-23(15-17-6-4-16(2)5-7-17)21(26)20-12-14-24(22-20)18-8-10-19(11-9-18)25(27)28/h1,4-12,14H,13,15H2,2H3. The number of nitro groups is 1. The minimum atomic E-state index is -0.468. The van der Waals surface area contributed by atoms with Crippen molar-refractivity contribution in [3.8, 4) is 18.0 Å². The molecule has 0 saturated heterocycles. The number of nitrogens with zero attached hydrogens (tertiary/aromatic N) is 4. The van der Waals surface area contributed by atoms with E-state index in [1.165, 1.54) is 16.8 Å². The van der Waals surface area contributed by atoms with Crippen molar-refractivity contribution in [1.29, 1.82) is 0 Å². The number of terminal acetylenes is 1. The molecule has 7 heteroatoms.